The summed E-state index contributed by atoms with van der Waals surface area (Å²) in [5.41, 5.74) is 0. The first kappa shape index (κ1) is 13.8. The molecule has 19 heavy (non-hydrogen) atoms. The van der Waals surface area contributed by atoms with Gasteiger partial charge < -0.3 is 9.84 Å². The SMILES string of the molecule is COc1cccc(S(=O)(=O)N2CCC(C(=O)O)C2)c1. The zero-order chi connectivity index (χ0) is 14.0. The Morgan fingerprint density at radius 1 is 1.47 bits per heavy atom. The molecule has 104 valence electrons. The minimum atomic E-state index is -3.65. The summed E-state index contributed by atoms with van der Waals surface area (Å²) in [5, 5.41) is 8.91. The lowest BCUT2D eigenvalue weighted by atomic mass is 10.1. The molecule has 1 atom stereocenters. The van der Waals surface area contributed by atoms with Crippen molar-refractivity contribution in [2.45, 2.75) is 11.3 Å². The van der Waals surface area contributed by atoms with Gasteiger partial charge in [-0.3, -0.25) is 4.79 Å². The van der Waals surface area contributed by atoms with Crippen LogP contribution in [-0.2, 0) is 14.8 Å². The van der Waals surface area contributed by atoms with Crippen molar-refractivity contribution in [2.24, 2.45) is 5.92 Å². The first-order valence-corrected chi connectivity index (χ1v) is 7.26. The van der Waals surface area contributed by atoms with Crippen LogP contribution >= 0.6 is 0 Å². The smallest absolute Gasteiger partial charge is 0.307 e. The largest absolute Gasteiger partial charge is 0.497 e. The molecule has 0 aromatic heterocycles. The van der Waals surface area contributed by atoms with Crippen molar-refractivity contribution in [1.82, 2.24) is 4.31 Å². The summed E-state index contributed by atoms with van der Waals surface area (Å²) >= 11 is 0. The molecule has 2 rings (SSSR count). The molecule has 0 aliphatic carbocycles. The van der Waals surface area contributed by atoms with E-state index in [1.807, 2.05) is 0 Å². The van der Waals surface area contributed by atoms with E-state index in [4.69, 9.17) is 9.84 Å². The maximum absolute atomic E-state index is 12.3. The van der Waals surface area contributed by atoms with Gasteiger partial charge in [-0.25, -0.2) is 8.42 Å². The highest BCUT2D eigenvalue weighted by Gasteiger charge is 2.35. The number of aliphatic carboxylic acids is 1. The molecule has 0 amide bonds. The number of rotatable bonds is 4. The highest BCUT2D eigenvalue weighted by molar-refractivity contribution is 7.89. The lowest BCUT2D eigenvalue weighted by Crippen LogP contribution is -2.30. The van der Waals surface area contributed by atoms with Crippen molar-refractivity contribution < 1.29 is 23.1 Å². The summed E-state index contributed by atoms with van der Waals surface area (Å²) in [6.07, 6.45) is 0.346. The van der Waals surface area contributed by atoms with Gasteiger partial charge in [-0.15, -0.1) is 0 Å². The number of nitrogens with zero attached hydrogens (tertiary/aromatic N) is 1. The van der Waals surface area contributed by atoms with Gasteiger partial charge in [-0.2, -0.15) is 4.31 Å². The van der Waals surface area contributed by atoms with Crippen molar-refractivity contribution in [3.8, 4) is 5.75 Å². The average Bonchev–Trinajstić information content (AvgIpc) is 2.89. The van der Waals surface area contributed by atoms with Gasteiger partial charge in [0.25, 0.3) is 0 Å². The third-order valence-corrected chi connectivity index (χ3v) is 5.04. The molecule has 1 aliphatic rings. The number of carboxylic acid groups (broad SMARTS) is 1. The molecule has 1 unspecified atom stereocenters. The second-order valence-corrected chi connectivity index (χ2v) is 6.30. The number of sulfonamides is 1. The molecule has 1 N–H and O–H groups in total. The summed E-state index contributed by atoms with van der Waals surface area (Å²) in [5.74, 6) is -1.13. The van der Waals surface area contributed by atoms with Gasteiger partial charge in [0.1, 0.15) is 5.75 Å². The van der Waals surface area contributed by atoms with Crippen LogP contribution in [0, 0.1) is 5.92 Å². The Labute approximate surface area is 111 Å². The molecule has 1 fully saturated rings. The van der Waals surface area contributed by atoms with E-state index in [9.17, 15) is 13.2 Å². The molecule has 7 heteroatoms. The number of ether oxygens (including phenoxy) is 1. The lowest BCUT2D eigenvalue weighted by Gasteiger charge is -2.16. The van der Waals surface area contributed by atoms with Gasteiger partial charge in [0, 0.05) is 19.2 Å². The molecule has 1 aromatic carbocycles. The molecule has 0 spiro atoms. The minimum Gasteiger partial charge on any atom is -0.497 e. The van der Waals surface area contributed by atoms with Gasteiger partial charge in [0.2, 0.25) is 10.0 Å². The van der Waals surface area contributed by atoms with Gasteiger partial charge in [0.05, 0.1) is 17.9 Å². The van der Waals surface area contributed by atoms with E-state index in [1.54, 1.807) is 12.1 Å². The van der Waals surface area contributed by atoms with Crippen LogP contribution in [0.3, 0.4) is 0 Å². The molecule has 1 saturated heterocycles. The van der Waals surface area contributed by atoms with Gasteiger partial charge in [-0.05, 0) is 18.6 Å². The summed E-state index contributed by atoms with van der Waals surface area (Å²) in [6, 6.07) is 6.16. The van der Waals surface area contributed by atoms with Crippen LogP contribution in [0.5, 0.6) is 5.75 Å². The number of hydrogen-bond acceptors (Lipinski definition) is 4. The first-order chi connectivity index (χ1) is 8.95. The highest BCUT2D eigenvalue weighted by atomic mass is 32.2. The number of carbonyl (C=O) groups is 1. The monoisotopic (exact) mass is 285 g/mol. The van der Waals surface area contributed by atoms with Crippen molar-refractivity contribution >= 4 is 16.0 Å². The Kier molecular flexibility index (Phi) is 3.77. The summed E-state index contributed by atoms with van der Waals surface area (Å²) in [6.45, 7) is 0.255. The van der Waals surface area contributed by atoms with E-state index in [0.29, 0.717) is 12.2 Å². The third-order valence-electron chi connectivity index (χ3n) is 3.18. The van der Waals surface area contributed by atoms with Crippen LogP contribution in [0.2, 0.25) is 0 Å². The number of benzene rings is 1. The van der Waals surface area contributed by atoms with Crippen LogP contribution in [0.4, 0.5) is 0 Å². The zero-order valence-electron chi connectivity index (χ0n) is 10.4. The zero-order valence-corrected chi connectivity index (χ0v) is 11.3. The molecule has 1 heterocycles. The number of methoxy groups -OCH3 is 1. The fraction of sp³-hybridized carbons (Fsp3) is 0.417. The number of carboxylic acids is 1. The Bertz CT molecular complexity index is 584. The van der Waals surface area contributed by atoms with Crippen LogP contribution in [0.1, 0.15) is 6.42 Å². The highest BCUT2D eigenvalue weighted by Crippen LogP contribution is 2.26. The third kappa shape index (κ3) is 2.71. The maximum Gasteiger partial charge on any atom is 0.307 e. The Morgan fingerprint density at radius 3 is 2.79 bits per heavy atom. The van der Waals surface area contributed by atoms with Gasteiger partial charge >= 0.3 is 5.97 Å². The van der Waals surface area contributed by atoms with Crippen molar-refractivity contribution in [3.05, 3.63) is 24.3 Å². The standard InChI is InChI=1S/C12H15NO5S/c1-18-10-3-2-4-11(7-10)19(16,17)13-6-5-9(8-13)12(14)15/h2-4,7,9H,5-6,8H2,1H3,(H,14,15). The maximum atomic E-state index is 12.3. The Morgan fingerprint density at radius 2 is 2.21 bits per heavy atom. The lowest BCUT2D eigenvalue weighted by molar-refractivity contribution is -0.141. The number of hydrogen-bond donors (Lipinski definition) is 1. The summed E-state index contributed by atoms with van der Waals surface area (Å²) in [4.78, 5) is 11.0. The molecule has 0 radical (unpaired) electrons. The van der Waals surface area contributed by atoms with Gasteiger partial charge in [0.15, 0.2) is 0 Å². The van der Waals surface area contributed by atoms with E-state index < -0.39 is 21.9 Å². The molecule has 1 aromatic rings. The normalized spacial score (nSPS) is 20.4. The molecule has 6 nitrogen and oxygen atoms in total. The second kappa shape index (κ2) is 5.18. The van der Waals surface area contributed by atoms with Gasteiger partial charge in [-0.1, -0.05) is 6.07 Å². The minimum absolute atomic E-state index is 0.0227. The first-order valence-electron chi connectivity index (χ1n) is 5.82. The molecular formula is C12H15NO5S. The summed E-state index contributed by atoms with van der Waals surface area (Å²) < 4.78 is 30.9. The fourth-order valence-electron chi connectivity index (χ4n) is 2.06. The van der Waals surface area contributed by atoms with Crippen LogP contribution in [0.15, 0.2) is 29.2 Å². The molecule has 0 saturated carbocycles. The fourth-order valence-corrected chi connectivity index (χ4v) is 3.59. The Hall–Kier alpha value is -1.60. The quantitative estimate of drug-likeness (QED) is 0.884. The predicted molar refractivity (Wildman–Crippen MR) is 67.5 cm³/mol. The topological polar surface area (TPSA) is 83.9 Å². The van der Waals surface area contributed by atoms with Crippen LogP contribution in [-0.4, -0.2) is 44.0 Å². The van der Waals surface area contributed by atoms with E-state index in [-0.39, 0.29) is 18.0 Å². The van der Waals surface area contributed by atoms with E-state index in [1.165, 1.54) is 23.5 Å². The van der Waals surface area contributed by atoms with Crippen LogP contribution < -0.4 is 4.74 Å². The van der Waals surface area contributed by atoms with Crippen molar-refractivity contribution in [3.63, 3.8) is 0 Å². The van der Waals surface area contributed by atoms with E-state index in [2.05, 4.69) is 0 Å². The van der Waals surface area contributed by atoms with E-state index >= 15 is 0 Å². The molecule has 0 bridgehead atoms. The molecule has 1 aliphatic heterocycles. The van der Waals surface area contributed by atoms with E-state index in [0.717, 1.165) is 0 Å². The summed E-state index contributed by atoms with van der Waals surface area (Å²) in [7, 11) is -2.19. The Balaban J connectivity index is 2.25. The predicted octanol–water partition coefficient (Wildman–Crippen LogP) is 0.790. The van der Waals surface area contributed by atoms with Crippen LogP contribution in [0.25, 0.3) is 0 Å². The second-order valence-electron chi connectivity index (χ2n) is 4.37. The van der Waals surface area contributed by atoms with Crippen molar-refractivity contribution in [2.75, 3.05) is 20.2 Å². The van der Waals surface area contributed by atoms with Crippen molar-refractivity contribution in [1.29, 1.82) is 0 Å². The average molecular weight is 285 g/mol. The molecular weight excluding hydrogens is 270 g/mol.